The maximum Gasteiger partial charge on any atom is 0.339 e. The number of hydrogen-bond acceptors (Lipinski definition) is 4. The Morgan fingerprint density at radius 3 is 2.47 bits per heavy atom. The van der Waals surface area contributed by atoms with Crippen LogP contribution in [0.15, 0.2) is 23.1 Å². The third-order valence-electron chi connectivity index (χ3n) is 2.22. The van der Waals surface area contributed by atoms with Crippen molar-refractivity contribution in [1.82, 2.24) is 0 Å². The molecule has 0 heterocycles. The summed E-state index contributed by atoms with van der Waals surface area (Å²) in [6.07, 6.45) is 0.467. The second-order valence-electron chi connectivity index (χ2n) is 3.31. The molecule has 0 fully saturated rings. The predicted octanol–water partition coefficient (Wildman–Crippen LogP) is 2.35. The highest BCUT2D eigenvalue weighted by molar-refractivity contribution is 8.13. The van der Waals surface area contributed by atoms with Crippen LogP contribution in [0.5, 0.6) is 0 Å². The first-order valence-corrected chi connectivity index (χ1v) is 7.46. The minimum atomic E-state index is -3.97. The van der Waals surface area contributed by atoms with Crippen LogP contribution in [-0.4, -0.2) is 21.0 Å². The summed E-state index contributed by atoms with van der Waals surface area (Å²) in [4.78, 5) is 11.5. The van der Waals surface area contributed by atoms with Crippen LogP contribution in [0.4, 0.5) is 0 Å². The molecule has 0 N–H and O–H groups in total. The second-order valence-corrected chi connectivity index (χ2v) is 5.81. The molecule has 1 aromatic carbocycles. The summed E-state index contributed by atoms with van der Waals surface area (Å²) in [5, 5.41) is 0. The van der Waals surface area contributed by atoms with Gasteiger partial charge in [-0.2, -0.15) is 0 Å². The van der Waals surface area contributed by atoms with Gasteiger partial charge in [0.1, 0.15) is 4.90 Å². The Balaban J connectivity index is 3.46. The first kappa shape index (κ1) is 14.0. The number of rotatable bonds is 4. The van der Waals surface area contributed by atoms with E-state index < -0.39 is 15.0 Å². The summed E-state index contributed by atoms with van der Waals surface area (Å²) in [6, 6.07) is 4.63. The molecule has 0 radical (unpaired) electrons. The van der Waals surface area contributed by atoms with Crippen LogP contribution in [0.2, 0.25) is 0 Å². The van der Waals surface area contributed by atoms with E-state index in [0.29, 0.717) is 12.0 Å². The van der Waals surface area contributed by atoms with Gasteiger partial charge in [0, 0.05) is 10.7 Å². The standard InChI is InChI=1S/C11H13ClO4S/c1-3-8-6-5-7-9(11(13)16-4-2)10(8)17(12,14)15/h5-7H,3-4H2,1-2H3. The molecule has 0 aliphatic carbocycles. The first-order chi connectivity index (χ1) is 7.91. The fourth-order valence-electron chi connectivity index (χ4n) is 1.52. The second kappa shape index (κ2) is 5.51. The fourth-order valence-corrected chi connectivity index (χ4v) is 3.01. The molecule has 0 aliphatic heterocycles. The SMILES string of the molecule is CCOC(=O)c1cccc(CC)c1S(=O)(=O)Cl. The molecule has 0 saturated heterocycles. The van der Waals surface area contributed by atoms with Gasteiger partial charge >= 0.3 is 5.97 Å². The summed E-state index contributed by atoms with van der Waals surface area (Å²) in [5.74, 6) is -0.679. The lowest BCUT2D eigenvalue weighted by Gasteiger charge is -2.10. The van der Waals surface area contributed by atoms with E-state index in [1.54, 1.807) is 26.0 Å². The summed E-state index contributed by atoms with van der Waals surface area (Å²) >= 11 is 0. The number of halogens is 1. The zero-order valence-electron chi connectivity index (χ0n) is 9.57. The van der Waals surface area contributed by atoms with E-state index in [2.05, 4.69) is 0 Å². The van der Waals surface area contributed by atoms with Crippen molar-refractivity contribution in [1.29, 1.82) is 0 Å². The maximum absolute atomic E-state index is 11.6. The molecule has 0 amide bonds. The highest BCUT2D eigenvalue weighted by atomic mass is 35.7. The monoisotopic (exact) mass is 276 g/mol. The van der Waals surface area contributed by atoms with Crippen LogP contribution in [0.25, 0.3) is 0 Å². The third-order valence-corrected chi connectivity index (χ3v) is 3.65. The molecule has 0 unspecified atom stereocenters. The number of esters is 1. The van der Waals surface area contributed by atoms with Crippen LogP contribution >= 0.6 is 10.7 Å². The summed E-state index contributed by atoms with van der Waals surface area (Å²) in [5.41, 5.74) is 0.492. The maximum atomic E-state index is 11.6. The number of hydrogen-bond donors (Lipinski definition) is 0. The van der Waals surface area contributed by atoms with Gasteiger partial charge < -0.3 is 4.74 Å². The Morgan fingerprint density at radius 2 is 2.00 bits per heavy atom. The number of ether oxygens (including phenoxy) is 1. The number of carbonyl (C=O) groups is 1. The minimum absolute atomic E-state index is 0.0128. The third kappa shape index (κ3) is 3.20. The highest BCUT2D eigenvalue weighted by Gasteiger charge is 2.24. The van der Waals surface area contributed by atoms with Crippen molar-refractivity contribution in [2.75, 3.05) is 6.61 Å². The average Bonchev–Trinajstić information content (AvgIpc) is 2.27. The summed E-state index contributed by atoms with van der Waals surface area (Å²) in [6.45, 7) is 3.61. The summed E-state index contributed by atoms with van der Waals surface area (Å²) in [7, 11) is 1.39. The van der Waals surface area contributed by atoms with Crippen molar-refractivity contribution in [2.24, 2.45) is 0 Å². The predicted molar refractivity (Wildman–Crippen MR) is 64.8 cm³/mol. The molecule has 1 rings (SSSR count). The van der Waals surface area contributed by atoms with E-state index in [1.807, 2.05) is 0 Å². The lowest BCUT2D eigenvalue weighted by atomic mass is 10.1. The van der Waals surface area contributed by atoms with Gasteiger partial charge in [-0.25, -0.2) is 13.2 Å². The van der Waals surface area contributed by atoms with Crippen molar-refractivity contribution >= 4 is 25.7 Å². The molecule has 0 atom stereocenters. The Hall–Kier alpha value is -1.07. The van der Waals surface area contributed by atoms with E-state index in [0.717, 1.165) is 0 Å². The van der Waals surface area contributed by atoms with Crippen molar-refractivity contribution < 1.29 is 17.9 Å². The highest BCUT2D eigenvalue weighted by Crippen LogP contribution is 2.25. The van der Waals surface area contributed by atoms with E-state index in [4.69, 9.17) is 15.4 Å². The van der Waals surface area contributed by atoms with Crippen molar-refractivity contribution in [3.8, 4) is 0 Å². The largest absolute Gasteiger partial charge is 0.462 e. The number of aryl methyl sites for hydroxylation is 1. The van der Waals surface area contributed by atoms with Crippen LogP contribution in [0, 0.1) is 0 Å². The van der Waals surface area contributed by atoms with Crippen LogP contribution in [0.1, 0.15) is 29.8 Å². The minimum Gasteiger partial charge on any atom is -0.462 e. The Bertz CT molecular complexity index is 522. The zero-order chi connectivity index (χ0) is 13.1. The Labute approximate surface area is 105 Å². The van der Waals surface area contributed by atoms with Gasteiger partial charge in [0.2, 0.25) is 0 Å². The smallest absolute Gasteiger partial charge is 0.339 e. The molecular weight excluding hydrogens is 264 g/mol. The molecule has 1 aromatic rings. The topological polar surface area (TPSA) is 60.4 Å². The van der Waals surface area contributed by atoms with Crippen LogP contribution in [-0.2, 0) is 20.2 Å². The Kier molecular flexibility index (Phi) is 4.54. The zero-order valence-corrected chi connectivity index (χ0v) is 11.1. The van der Waals surface area contributed by atoms with Crippen molar-refractivity contribution in [2.45, 2.75) is 25.2 Å². The molecular formula is C11H13ClO4S. The number of carbonyl (C=O) groups excluding carboxylic acids is 1. The van der Waals surface area contributed by atoms with Gasteiger partial charge in [0.05, 0.1) is 12.2 Å². The van der Waals surface area contributed by atoms with E-state index in [9.17, 15) is 13.2 Å². The quantitative estimate of drug-likeness (QED) is 0.626. The number of benzene rings is 1. The fraction of sp³-hybridized carbons (Fsp3) is 0.364. The van der Waals surface area contributed by atoms with Gasteiger partial charge in [-0.3, -0.25) is 0 Å². The van der Waals surface area contributed by atoms with Crippen molar-refractivity contribution in [3.05, 3.63) is 29.3 Å². The molecule has 4 nitrogen and oxygen atoms in total. The lowest BCUT2D eigenvalue weighted by Crippen LogP contribution is -2.11. The Morgan fingerprint density at radius 1 is 1.35 bits per heavy atom. The molecule has 0 aliphatic rings. The summed E-state index contributed by atoms with van der Waals surface area (Å²) < 4.78 is 27.8. The van der Waals surface area contributed by atoms with Gasteiger partial charge in [0.15, 0.2) is 0 Å². The molecule has 0 aromatic heterocycles. The van der Waals surface area contributed by atoms with Gasteiger partial charge in [-0.05, 0) is 25.0 Å². The molecule has 94 valence electrons. The molecule has 0 bridgehead atoms. The molecule has 6 heteroatoms. The van der Waals surface area contributed by atoms with E-state index in [1.165, 1.54) is 6.07 Å². The van der Waals surface area contributed by atoms with Gasteiger partial charge in [-0.1, -0.05) is 19.1 Å². The molecule has 0 saturated carbocycles. The van der Waals surface area contributed by atoms with Gasteiger partial charge in [0.25, 0.3) is 9.05 Å². The van der Waals surface area contributed by atoms with E-state index in [-0.39, 0.29) is 17.1 Å². The van der Waals surface area contributed by atoms with Crippen molar-refractivity contribution in [3.63, 3.8) is 0 Å². The van der Waals surface area contributed by atoms with E-state index >= 15 is 0 Å². The lowest BCUT2D eigenvalue weighted by molar-refractivity contribution is 0.0521. The first-order valence-electron chi connectivity index (χ1n) is 5.15. The normalized spacial score (nSPS) is 11.2. The molecule has 0 spiro atoms. The molecule has 17 heavy (non-hydrogen) atoms. The average molecular weight is 277 g/mol. The van der Waals surface area contributed by atoms with Gasteiger partial charge in [-0.15, -0.1) is 0 Å². The van der Waals surface area contributed by atoms with Crippen LogP contribution in [0.3, 0.4) is 0 Å². The van der Waals surface area contributed by atoms with Crippen LogP contribution < -0.4 is 0 Å².